The second-order valence-electron chi connectivity index (χ2n) is 6.58. The Balaban J connectivity index is 1.53. The Morgan fingerprint density at radius 2 is 2.24 bits per heavy atom. The van der Waals surface area contributed by atoms with Crippen LogP contribution in [0.25, 0.3) is 0 Å². The highest BCUT2D eigenvalue weighted by Crippen LogP contribution is 2.35. The third-order valence-corrected chi connectivity index (χ3v) is 4.75. The lowest BCUT2D eigenvalue weighted by atomic mass is 9.91. The number of nitrogens with two attached hydrogens (primary N) is 1. The fourth-order valence-corrected chi connectivity index (χ4v) is 3.21. The molecule has 1 atom stereocenters. The van der Waals surface area contributed by atoms with Gasteiger partial charge in [-0.2, -0.15) is 0 Å². The van der Waals surface area contributed by atoms with Crippen LogP contribution in [0.5, 0.6) is 0 Å². The van der Waals surface area contributed by atoms with E-state index in [1.807, 2.05) is 11.0 Å². The molecule has 0 spiro atoms. The van der Waals surface area contributed by atoms with Crippen molar-refractivity contribution in [1.29, 1.82) is 0 Å². The van der Waals surface area contributed by atoms with Crippen molar-refractivity contribution in [2.24, 2.45) is 11.7 Å². The lowest BCUT2D eigenvalue weighted by molar-refractivity contribution is -0.135. The summed E-state index contributed by atoms with van der Waals surface area (Å²) in [7, 11) is 0. The molecule has 4 heteroatoms. The number of likely N-dealkylation sites (tertiary alicyclic amines) is 1. The van der Waals surface area contributed by atoms with Crippen molar-refractivity contribution in [1.82, 2.24) is 4.90 Å². The quantitative estimate of drug-likeness (QED) is 0.926. The van der Waals surface area contributed by atoms with Gasteiger partial charge >= 0.3 is 0 Å². The Labute approximate surface area is 125 Å². The Morgan fingerprint density at radius 1 is 1.43 bits per heavy atom. The van der Waals surface area contributed by atoms with Gasteiger partial charge in [0.15, 0.2) is 0 Å². The van der Waals surface area contributed by atoms with Gasteiger partial charge in [0.05, 0.1) is 5.54 Å². The lowest BCUT2D eigenvalue weighted by Crippen LogP contribution is -2.49. The Hall–Kier alpha value is -1.42. The van der Waals surface area contributed by atoms with Gasteiger partial charge in [-0.25, -0.2) is 4.39 Å². The molecular weight excluding hydrogens is 267 g/mol. The van der Waals surface area contributed by atoms with Crippen LogP contribution in [0.3, 0.4) is 0 Å². The second-order valence-corrected chi connectivity index (χ2v) is 6.58. The number of carbonyl (C=O) groups excluding carboxylic acids is 1. The molecule has 1 aliphatic heterocycles. The van der Waals surface area contributed by atoms with Gasteiger partial charge in [-0.15, -0.1) is 0 Å². The number of aryl methyl sites for hydroxylation is 1. The van der Waals surface area contributed by atoms with E-state index < -0.39 is 5.54 Å². The van der Waals surface area contributed by atoms with Gasteiger partial charge in [0.1, 0.15) is 5.82 Å². The average molecular weight is 290 g/mol. The number of piperidine rings is 1. The lowest BCUT2D eigenvalue weighted by Gasteiger charge is -2.34. The van der Waals surface area contributed by atoms with E-state index in [-0.39, 0.29) is 11.7 Å². The summed E-state index contributed by atoms with van der Waals surface area (Å²) < 4.78 is 13.2. The summed E-state index contributed by atoms with van der Waals surface area (Å²) >= 11 is 0. The van der Waals surface area contributed by atoms with Gasteiger partial charge < -0.3 is 10.6 Å². The first-order valence-corrected chi connectivity index (χ1v) is 7.89. The highest BCUT2D eigenvalue weighted by Gasteiger charge is 2.48. The van der Waals surface area contributed by atoms with Crippen molar-refractivity contribution in [2.75, 3.05) is 13.1 Å². The highest BCUT2D eigenvalue weighted by atomic mass is 19.1. The fourth-order valence-electron chi connectivity index (χ4n) is 3.21. The molecular formula is C17H23FN2O. The standard InChI is InChI=1S/C17H23FN2O/c18-15-5-1-3-13(11-15)6-7-14-4-2-10-20(12-14)16(21)17(19)8-9-17/h1,3,5,11,14H,2,4,6-10,12,19H2. The molecule has 1 aliphatic carbocycles. The molecule has 2 N–H and O–H groups in total. The van der Waals surface area contributed by atoms with Crippen LogP contribution in [0, 0.1) is 11.7 Å². The minimum Gasteiger partial charge on any atom is -0.341 e. The summed E-state index contributed by atoms with van der Waals surface area (Å²) in [6.07, 6.45) is 5.74. The van der Waals surface area contributed by atoms with Crippen LogP contribution >= 0.6 is 0 Å². The third kappa shape index (κ3) is 3.43. The van der Waals surface area contributed by atoms with E-state index in [0.717, 1.165) is 57.2 Å². The Morgan fingerprint density at radius 3 is 2.95 bits per heavy atom. The Kier molecular flexibility index (Phi) is 3.98. The molecule has 2 aliphatic rings. The number of carbonyl (C=O) groups is 1. The second kappa shape index (κ2) is 5.76. The van der Waals surface area contributed by atoms with Gasteiger partial charge in [0.2, 0.25) is 5.91 Å². The molecule has 1 heterocycles. The summed E-state index contributed by atoms with van der Waals surface area (Å²) in [5.74, 6) is 0.470. The van der Waals surface area contributed by atoms with Crippen molar-refractivity contribution in [3.63, 3.8) is 0 Å². The predicted octanol–water partition coefficient (Wildman–Crippen LogP) is 2.49. The van der Waals surface area contributed by atoms with E-state index in [9.17, 15) is 9.18 Å². The monoisotopic (exact) mass is 290 g/mol. The molecule has 1 amide bonds. The molecule has 114 valence electrons. The van der Waals surface area contributed by atoms with Crippen molar-refractivity contribution in [3.05, 3.63) is 35.6 Å². The van der Waals surface area contributed by atoms with E-state index in [4.69, 9.17) is 5.73 Å². The van der Waals surface area contributed by atoms with Gasteiger partial charge in [-0.05, 0) is 62.1 Å². The van der Waals surface area contributed by atoms with Crippen LogP contribution in [0.15, 0.2) is 24.3 Å². The van der Waals surface area contributed by atoms with E-state index in [0.29, 0.717) is 5.92 Å². The van der Waals surface area contributed by atoms with Gasteiger partial charge in [0, 0.05) is 13.1 Å². The molecule has 1 saturated heterocycles. The zero-order chi connectivity index (χ0) is 14.9. The molecule has 1 unspecified atom stereocenters. The van der Waals surface area contributed by atoms with Crippen molar-refractivity contribution in [3.8, 4) is 0 Å². The molecule has 0 aromatic heterocycles. The largest absolute Gasteiger partial charge is 0.341 e. The molecule has 21 heavy (non-hydrogen) atoms. The van der Waals surface area contributed by atoms with E-state index in [1.165, 1.54) is 6.07 Å². The number of nitrogens with zero attached hydrogens (tertiary/aromatic N) is 1. The summed E-state index contributed by atoms with van der Waals surface area (Å²) in [4.78, 5) is 14.2. The fraction of sp³-hybridized carbons (Fsp3) is 0.588. The van der Waals surface area contributed by atoms with E-state index >= 15 is 0 Å². The molecule has 2 fully saturated rings. The minimum absolute atomic E-state index is 0.137. The topological polar surface area (TPSA) is 46.3 Å². The normalized spacial score (nSPS) is 23.9. The summed E-state index contributed by atoms with van der Waals surface area (Å²) in [5, 5.41) is 0. The van der Waals surface area contributed by atoms with Crippen molar-refractivity contribution < 1.29 is 9.18 Å². The number of halogens is 1. The first kappa shape index (κ1) is 14.5. The van der Waals surface area contributed by atoms with E-state index in [2.05, 4.69) is 0 Å². The number of hydrogen-bond donors (Lipinski definition) is 1. The van der Waals surface area contributed by atoms with Crippen LogP contribution in [0.4, 0.5) is 4.39 Å². The van der Waals surface area contributed by atoms with Crippen LogP contribution in [0.1, 0.15) is 37.7 Å². The molecule has 1 saturated carbocycles. The number of amides is 1. The van der Waals surface area contributed by atoms with Crippen LogP contribution < -0.4 is 5.73 Å². The molecule has 1 aromatic rings. The van der Waals surface area contributed by atoms with Gasteiger partial charge in [-0.3, -0.25) is 4.79 Å². The smallest absolute Gasteiger partial charge is 0.242 e. The maximum Gasteiger partial charge on any atom is 0.242 e. The van der Waals surface area contributed by atoms with Crippen LogP contribution in [0.2, 0.25) is 0 Å². The van der Waals surface area contributed by atoms with Crippen LogP contribution in [-0.2, 0) is 11.2 Å². The SMILES string of the molecule is NC1(C(=O)N2CCCC(CCc3cccc(F)c3)C2)CC1. The minimum atomic E-state index is -0.551. The van der Waals surface area contributed by atoms with Crippen LogP contribution in [-0.4, -0.2) is 29.4 Å². The highest BCUT2D eigenvalue weighted by molar-refractivity contribution is 5.89. The number of hydrogen-bond acceptors (Lipinski definition) is 2. The number of rotatable bonds is 4. The average Bonchev–Trinajstić information content (AvgIpc) is 3.24. The summed E-state index contributed by atoms with van der Waals surface area (Å²) in [5.41, 5.74) is 6.50. The third-order valence-electron chi connectivity index (χ3n) is 4.75. The molecule has 0 radical (unpaired) electrons. The summed E-state index contributed by atoms with van der Waals surface area (Å²) in [6.45, 7) is 1.65. The molecule has 0 bridgehead atoms. The maximum atomic E-state index is 13.2. The first-order chi connectivity index (χ1) is 10.1. The predicted molar refractivity (Wildman–Crippen MR) is 80.2 cm³/mol. The number of benzene rings is 1. The molecule has 1 aromatic carbocycles. The summed E-state index contributed by atoms with van der Waals surface area (Å²) in [6, 6.07) is 6.80. The Bertz CT molecular complexity index is 527. The first-order valence-electron chi connectivity index (χ1n) is 7.89. The van der Waals surface area contributed by atoms with Crippen molar-refractivity contribution in [2.45, 2.75) is 44.1 Å². The van der Waals surface area contributed by atoms with Gasteiger partial charge in [-0.1, -0.05) is 12.1 Å². The molecule has 3 nitrogen and oxygen atoms in total. The zero-order valence-corrected chi connectivity index (χ0v) is 12.4. The zero-order valence-electron chi connectivity index (χ0n) is 12.4. The van der Waals surface area contributed by atoms with Gasteiger partial charge in [0.25, 0.3) is 0 Å². The maximum absolute atomic E-state index is 13.2. The van der Waals surface area contributed by atoms with E-state index in [1.54, 1.807) is 12.1 Å². The molecule has 3 rings (SSSR count). The van der Waals surface area contributed by atoms with Crippen molar-refractivity contribution >= 4 is 5.91 Å².